The van der Waals surface area contributed by atoms with Gasteiger partial charge in [-0.2, -0.15) is 0 Å². The summed E-state index contributed by atoms with van der Waals surface area (Å²) < 4.78 is 59.8. The molecule has 0 heterocycles. The number of hydrogen-bond donors (Lipinski definition) is 1. The van der Waals surface area contributed by atoms with Gasteiger partial charge >= 0.3 is 0 Å². The van der Waals surface area contributed by atoms with E-state index in [9.17, 15) is 13.2 Å². The number of carbonyl (C=O) groups is 1. The number of nitrogens with zero attached hydrogens (tertiary/aromatic N) is 1. The fourth-order valence-corrected chi connectivity index (χ4v) is 11.3. The summed E-state index contributed by atoms with van der Waals surface area (Å²) in [5.74, 6) is 0.756. The van der Waals surface area contributed by atoms with E-state index < -0.39 is 40.6 Å². The molecular formula is C37H65BrN2O8SSi3. The van der Waals surface area contributed by atoms with Gasteiger partial charge in [0, 0.05) is 40.4 Å². The van der Waals surface area contributed by atoms with Crippen LogP contribution in [0.4, 0.5) is 5.69 Å². The Bertz CT molecular complexity index is 1520. The van der Waals surface area contributed by atoms with Crippen molar-refractivity contribution in [3.63, 3.8) is 0 Å². The minimum Gasteiger partial charge on any atom is -0.483 e. The number of rotatable bonds is 24. The van der Waals surface area contributed by atoms with Crippen molar-refractivity contribution in [3.8, 4) is 11.5 Å². The first-order valence-electron chi connectivity index (χ1n) is 18.4. The molecule has 0 aliphatic rings. The summed E-state index contributed by atoms with van der Waals surface area (Å²) in [5.41, 5.74) is 2.93. The Hall–Kier alpha value is -1.73. The number of sulfonamides is 1. The number of aryl methyl sites for hydroxylation is 2. The van der Waals surface area contributed by atoms with E-state index in [2.05, 4.69) is 81.3 Å². The highest BCUT2D eigenvalue weighted by Gasteiger charge is 2.34. The molecule has 2 aromatic rings. The van der Waals surface area contributed by atoms with Gasteiger partial charge in [-0.05, 0) is 85.0 Å². The molecule has 0 radical (unpaired) electrons. The topological polar surface area (TPSA) is 113 Å². The largest absolute Gasteiger partial charge is 0.483 e. The minimum atomic E-state index is -3.79. The van der Waals surface area contributed by atoms with Crippen LogP contribution in [0.5, 0.6) is 11.5 Å². The number of hydrogen-bond acceptors (Lipinski definition) is 8. The second-order valence-corrected chi connectivity index (χ2v) is 34.8. The average molecular weight is 862 g/mol. The molecule has 1 unspecified atom stereocenters. The molecule has 0 fully saturated rings. The molecule has 1 amide bonds. The summed E-state index contributed by atoms with van der Waals surface area (Å²) in [6, 6.07) is 13.9. The highest BCUT2D eigenvalue weighted by atomic mass is 79.9. The van der Waals surface area contributed by atoms with Crippen LogP contribution in [-0.2, 0) is 28.7 Å². The van der Waals surface area contributed by atoms with Crippen molar-refractivity contribution < 1.29 is 36.6 Å². The van der Waals surface area contributed by atoms with E-state index in [0.29, 0.717) is 30.4 Å². The van der Waals surface area contributed by atoms with Crippen LogP contribution < -0.4 is 19.1 Å². The second-order valence-electron chi connectivity index (χ2n) is 16.0. The molecule has 0 saturated carbocycles. The number of ether oxygens (including phenoxy) is 4. The molecule has 0 aliphatic heterocycles. The summed E-state index contributed by atoms with van der Waals surface area (Å²) >= 11 is 3.51. The van der Waals surface area contributed by atoms with Crippen molar-refractivity contribution in [2.24, 2.45) is 0 Å². The maximum absolute atomic E-state index is 13.4. The first-order chi connectivity index (χ1) is 24.1. The number of benzene rings is 2. The van der Waals surface area contributed by atoms with Crippen LogP contribution in [0, 0.1) is 13.8 Å². The summed E-state index contributed by atoms with van der Waals surface area (Å²) in [6.07, 6.45) is 0.629. The minimum absolute atomic E-state index is 0.0181. The number of carbonyl (C=O) groups excluding carboxylic acids is 1. The Morgan fingerprint density at radius 2 is 1.42 bits per heavy atom. The van der Waals surface area contributed by atoms with Crippen LogP contribution >= 0.6 is 15.9 Å². The highest BCUT2D eigenvalue weighted by molar-refractivity contribution is 9.10. The normalized spacial score (nSPS) is 13.2. The van der Waals surface area contributed by atoms with Gasteiger partial charge in [-0.25, -0.2) is 12.7 Å². The van der Waals surface area contributed by atoms with E-state index in [4.69, 9.17) is 23.4 Å². The Balaban J connectivity index is 2.48. The van der Waals surface area contributed by atoms with Gasteiger partial charge in [0.2, 0.25) is 10.0 Å². The zero-order valence-electron chi connectivity index (χ0n) is 33.7. The van der Waals surface area contributed by atoms with Crippen molar-refractivity contribution in [2.75, 3.05) is 50.5 Å². The summed E-state index contributed by atoms with van der Waals surface area (Å²) in [6.45, 7) is 24.8. The lowest BCUT2D eigenvalue weighted by atomic mass is 10.1. The maximum atomic E-state index is 13.4. The van der Waals surface area contributed by atoms with Gasteiger partial charge in [-0.15, -0.1) is 0 Å². The molecule has 10 nitrogen and oxygen atoms in total. The number of anilines is 1. The van der Waals surface area contributed by atoms with Gasteiger partial charge in [0.1, 0.15) is 18.2 Å². The standard InChI is InChI=1S/C37H65BrN2O8SSi3/c1-13-52(14-2,15-3)48-35(25-39-36(41)26-46-37-29(4)22-32(38)23-30(37)5)31-16-17-34(47-28-45-19-21-51(10,11)12)33(24-31)40(49(6,42)43)27-44-18-20-50(7,8)9/h16-17,22-24,35H,13-15,18-21,25-28H2,1-12H3,(H,39,41). The van der Waals surface area contributed by atoms with Crippen LogP contribution in [-0.4, -0.2) is 84.9 Å². The predicted molar refractivity (Wildman–Crippen MR) is 225 cm³/mol. The number of amides is 1. The van der Waals surface area contributed by atoms with Gasteiger partial charge in [0.15, 0.2) is 21.7 Å². The Kier molecular flexibility index (Phi) is 18.6. The van der Waals surface area contributed by atoms with Gasteiger partial charge in [-0.3, -0.25) is 4.79 Å². The first kappa shape index (κ1) is 46.4. The van der Waals surface area contributed by atoms with E-state index in [1.165, 1.54) is 10.6 Å². The monoisotopic (exact) mass is 860 g/mol. The fraction of sp³-hybridized carbons (Fsp3) is 0.649. The highest BCUT2D eigenvalue weighted by Crippen LogP contribution is 2.37. The smallest absolute Gasteiger partial charge is 0.258 e. The zero-order chi connectivity index (χ0) is 39.3. The lowest BCUT2D eigenvalue weighted by Gasteiger charge is -2.34. The first-order valence-corrected chi connectivity index (χ1v) is 31.0. The second kappa shape index (κ2) is 20.8. The average Bonchev–Trinajstić information content (AvgIpc) is 3.03. The van der Waals surface area contributed by atoms with Gasteiger partial charge in [-0.1, -0.05) is 82.0 Å². The van der Waals surface area contributed by atoms with Crippen molar-refractivity contribution >= 4 is 62.0 Å². The third kappa shape index (κ3) is 15.9. The number of halogens is 1. The van der Waals surface area contributed by atoms with Crippen LogP contribution in [0.1, 0.15) is 43.6 Å². The summed E-state index contributed by atoms with van der Waals surface area (Å²) in [7, 11) is -8.69. The fourth-order valence-electron chi connectivity index (χ4n) is 5.51. The SMILES string of the molecule is CC[Si](CC)(CC)OC(CNC(=O)COc1c(C)cc(Br)cc1C)c1ccc(OCOCC[Si](C)(C)C)c(N(COCC[Si](C)(C)C)S(C)(=O)=O)c1. The van der Waals surface area contributed by atoms with Crippen LogP contribution in [0.15, 0.2) is 34.8 Å². The van der Waals surface area contributed by atoms with Crippen molar-refractivity contribution in [2.45, 2.75) is 110 Å². The van der Waals surface area contributed by atoms with Crippen molar-refractivity contribution in [1.29, 1.82) is 0 Å². The molecule has 1 atom stereocenters. The maximum Gasteiger partial charge on any atom is 0.258 e. The quantitative estimate of drug-likeness (QED) is 0.0633. The van der Waals surface area contributed by atoms with E-state index in [1.54, 1.807) is 12.1 Å². The predicted octanol–water partition coefficient (Wildman–Crippen LogP) is 9.09. The molecule has 15 heteroatoms. The molecule has 296 valence electrons. The Morgan fingerprint density at radius 1 is 0.865 bits per heavy atom. The van der Waals surface area contributed by atoms with E-state index >= 15 is 0 Å². The zero-order valence-corrected chi connectivity index (χ0v) is 39.1. The third-order valence-corrected chi connectivity index (χ3v) is 18.7. The lowest BCUT2D eigenvalue weighted by Crippen LogP contribution is -2.41. The summed E-state index contributed by atoms with van der Waals surface area (Å²) in [5, 5.41) is 3.03. The molecular weight excluding hydrogens is 797 g/mol. The third-order valence-electron chi connectivity index (χ3n) is 9.11. The van der Waals surface area contributed by atoms with Crippen molar-refractivity contribution in [1.82, 2.24) is 5.32 Å². The van der Waals surface area contributed by atoms with E-state index in [1.807, 2.05) is 32.0 Å². The van der Waals surface area contributed by atoms with Crippen LogP contribution in [0.3, 0.4) is 0 Å². The van der Waals surface area contributed by atoms with Crippen molar-refractivity contribution in [3.05, 3.63) is 51.5 Å². The molecule has 0 spiro atoms. The van der Waals surface area contributed by atoms with Gasteiger partial charge < -0.3 is 28.7 Å². The Morgan fingerprint density at radius 3 is 1.94 bits per heavy atom. The van der Waals surface area contributed by atoms with Gasteiger partial charge in [0.25, 0.3) is 5.91 Å². The molecule has 2 aromatic carbocycles. The molecule has 2 rings (SSSR count). The molecule has 1 N–H and O–H groups in total. The molecule has 0 saturated heterocycles. The Labute approximate surface area is 326 Å². The molecule has 0 bridgehead atoms. The molecule has 52 heavy (non-hydrogen) atoms. The number of nitrogens with one attached hydrogen (secondary N) is 1. The molecule has 0 aliphatic carbocycles. The van der Waals surface area contributed by atoms with Crippen LogP contribution in [0.25, 0.3) is 0 Å². The van der Waals surface area contributed by atoms with Crippen LogP contribution in [0.2, 0.25) is 69.5 Å². The summed E-state index contributed by atoms with van der Waals surface area (Å²) in [4.78, 5) is 13.2. The van der Waals surface area contributed by atoms with Gasteiger partial charge in [0.05, 0.1) is 18.0 Å². The van der Waals surface area contributed by atoms with E-state index in [-0.39, 0.29) is 32.6 Å². The van der Waals surface area contributed by atoms with E-state index in [0.717, 1.165) is 51.4 Å². The molecule has 0 aromatic heterocycles. The lowest BCUT2D eigenvalue weighted by molar-refractivity contribution is -0.123.